The number of aliphatic hydroxyl groups excluding tert-OH is 1. The van der Waals surface area contributed by atoms with Crippen LogP contribution in [0.25, 0.3) is 0 Å². The highest BCUT2D eigenvalue weighted by atomic mass is 19.1. The van der Waals surface area contributed by atoms with E-state index in [1.807, 2.05) is 0 Å². The van der Waals surface area contributed by atoms with E-state index in [1.165, 1.54) is 12.1 Å². The Morgan fingerprint density at radius 1 is 1.21 bits per heavy atom. The van der Waals surface area contributed by atoms with Crippen molar-refractivity contribution in [3.63, 3.8) is 0 Å². The molecule has 2 aromatic carbocycles. The normalized spacial score (nSPS) is 10.2. The summed E-state index contributed by atoms with van der Waals surface area (Å²) in [5.41, 5.74) is 0.494. The van der Waals surface area contributed by atoms with Crippen LogP contribution >= 0.6 is 0 Å². The van der Waals surface area contributed by atoms with Gasteiger partial charge >= 0.3 is 5.97 Å². The highest BCUT2D eigenvalue weighted by Crippen LogP contribution is 2.25. The lowest BCUT2D eigenvalue weighted by molar-refractivity contribution is 0.0696. The van der Waals surface area contributed by atoms with Gasteiger partial charge in [0.05, 0.1) is 12.2 Å². The molecule has 5 heteroatoms. The molecular formula is C14H11FO4. The number of halogens is 1. The molecule has 0 radical (unpaired) electrons. The summed E-state index contributed by atoms with van der Waals surface area (Å²) in [5, 5.41) is 17.7. The Balaban J connectivity index is 2.25. The van der Waals surface area contributed by atoms with Crippen molar-refractivity contribution in [2.75, 3.05) is 0 Å². The highest BCUT2D eigenvalue weighted by Gasteiger charge is 2.10. The van der Waals surface area contributed by atoms with Gasteiger partial charge in [-0.25, -0.2) is 9.18 Å². The fraction of sp³-hybridized carbons (Fsp3) is 0.0714. The number of carboxylic acid groups (broad SMARTS) is 1. The van der Waals surface area contributed by atoms with Crippen LogP contribution in [0.15, 0.2) is 42.5 Å². The first-order valence-electron chi connectivity index (χ1n) is 5.50. The molecule has 0 bridgehead atoms. The van der Waals surface area contributed by atoms with Gasteiger partial charge in [0.1, 0.15) is 5.75 Å². The third-order valence-electron chi connectivity index (χ3n) is 2.49. The molecule has 0 aliphatic rings. The Morgan fingerprint density at radius 3 is 2.63 bits per heavy atom. The van der Waals surface area contributed by atoms with Gasteiger partial charge in [-0.1, -0.05) is 12.1 Å². The van der Waals surface area contributed by atoms with E-state index in [-0.39, 0.29) is 17.9 Å². The smallest absolute Gasteiger partial charge is 0.335 e. The Labute approximate surface area is 108 Å². The van der Waals surface area contributed by atoms with Crippen molar-refractivity contribution < 1.29 is 24.1 Å². The maximum Gasteiger partial charge on any atom is 0.335 e. The Kier molecular flexibility index (Phi) is 3.77. The van der Waals surface area contributed by atoms with Crippen molar-refractivity contribution in [2.45, 2.75) is 6.61 Å². The zero-order chi connectivity index (χ0) is 13.8. The number of hydrogen-bond acceptors (Lipinski definition) is 3. The zero-order valence-electron chi connectivity index (χ0n) is 9.84. The van der Waals surface area contributed by atoms with Gasteiger partial charge in [0, 0.05) is 0 Å². The average molecular weight is 262 g/mol. The van der Waals surface area contributed by atoms with E-state index < -0.39 is 11.8 Å². The Morgan fingerprint density at radius 2 is 2.00 bits per heavy atom. The van der Waals surface area contributed by atoms with Gasteiger partial charge in [0.2, 0.25) is 0 Å². The SMILES string of the molecule is O=C(O)c1ccc(Oc2cccc(CO)c2)c(F)c1. The predicted octanol–water partition coefficient (Wildman–Crippen LogP) is 2.81. The standard InChI is InChI=1S/C14H11FO4/c15-12-7-10(14(17)18)4-5-13(12)19-11-3-1-2-9(6-11)8-16/h1-7,16H,8H2,(H,17,18). The molecule has 19 heavy (non-hydrogen) atoms. The van der Waals surface area contributed by atoms with Crippen molar-refractivity contribution in [1.29, 1.82) is 0 Å². The van der Waals surface area contributed by atoms with E-state index in [0.717, 1.165) is 6.07 Å². The molecule has 98 valence electrons. The maximum absolute atomic E-state index is 13.6. The summed E-state index contributed by atoms with van der Waals surface area (Å²) >= 11 is 0. The number of aliphatic hydroxyl groups is 1. The van der Waals surface area contributed by atoms with Gasteiger partial charge in [0.25, 0.3) is 0 Å². The molecule has 0 aliphatic carbocycles. The number of aromatic carboxylic acids is 1. The minimum absolute atomic E-state index is 0.0694. The molecule has 2 aromatic rings. The van der Waals surface area contributed by atoms with Gasteiger partial charge < -0.3 is 14.9 Å². The number of carboxylic acids is 1. The first-order chi connectivity index (χ1) is 9.10. The molecule has 0 saturated heterocycles. The van der Waals surface area contributed by atoms with Crippen LogP contribution in [0.3, 0.4) is 0 Å². The summed E-state index contributed by atoms with van der Waals surface area (Å²) in [4.78, 5) is 10.7. The third kappa shape index (κ3) is 3.08. The fourth-order valence-electron chi connectivity index (χ4n) is 1.55. The van der Waals surface area contributed by atoms with E-state index in [2.05, 4.69) is 0 Å². The van der Waals surface area contributed by atoms with Crippen molar-refractivity contribution in [1.82, 2.24) is 0 Å². The molecule has 0 spiro atoms. The van der Waals surface area contributed by atoms with Crippen LogP contribution in [0, 0.1) is 5.82 Å². The molecule has 0 amide bonds. The quantitative estimate of drug-likeness (QED) is 0.889. The van der Waals surface area contributed by atoms with E-state index in [4.69, 9.17) is 14.9 Å². The molecule has 4 nitrogen and oxygen atoms in total. The maximum atomic E-state index is 13.6. The molecule has 0 saturated carbocycles. The van der Waals surface area contributed by atoms with Crippen LogP contribution < -0.4 is 4.74 Å². The lowest BCUT2D eigenvalue weighted by atomic mass is 10.2. The summed E-state index contributed by atoms with van der Waals surface area (Å²) in [6, 6.07) is 9.98. The van der Waals surface area contributed by atoms with Crippen LogP contribution in [0.4, 0.5) is 4.39 Å². The average Bonchev–Trinajstić information content (AvgIpc) is 2.41. The first kappa shape index (κ1) is 13.0. The second kappa shape index (κ2) is 5.49. The van der Waals surface area contributed by atoms with Crippen molar-refractivity contribution >= 4 is 5.97 Å². The van der Waals surface area contributed by atoms with E-state index in [9.17, 15) is 9.18 Å². The summed E-state index contributed by atoms with van der Waals surface area (Å²) in [6.07, 6.45) is 0. The molecule has 0 unspecified atom stereocenters. The minimum atomic E-state index is -1.20. The van der Waals surface area contributed by atoms with Crippen LogP contribution in [0.1, 0.15) is 15.9 Å². The first-order valence-corrected chi connectivity index (χ1v) is 5.50. The molecule has 0 atom stereocenters. The minimum Gasteiger partial charge on any atom is -0.478 e. The second-order valence-corrected chi connectivity index (χ2v) is 3.86. The predicted molar refractivity (Wildman–Crippen MR) is 65.8 cm³/mol. The van der Waals surface area contributed by atoms with Gasteiger partial charge in [-0.3, -0.25) is 0 Å². The Bertz CT molecular complexity index is 610. The summed E-state index contributed by atoms with van der Waals surface area (Å²) in [6.45, 7) is -0.141. The summed E-state index contributed by atoms with van der Waals surface area (Å²) in [5.74, 6) is -1.66. The van der Waals surface area contributed by atoms with E-state index in [0.29, 0.717) is 11.3 Å². The van der Waals surface area contributed by atoms with Gasteiger partial charge in [-0.15, -0.1) is 0 Å². The zero-order valence-corrected chi connectivity index (χ0v) is 9.84. The van der Waals surface area contributed by atoms with Crippen LogP contribution in [-0.2, 0) is 6.61 Å². The molecule has 0 heterocycles. The molecule has 0 aromatic heterocycles. The van der Waals surface area contributed by atoms with Gasteiger partial charge in [0.15, 0.2) is 11.6 Å². The molecule has 0 aliphatic heterocycles. The highest BCUT2D eigenvalue weighted by molar-refractivity contribution is 5.87. The van der Waals surface area contributed by atoms with Crippen molar-refractivity contribution in [3.05, 3.63) is 59.4 Å². The topological polar surface area (TPSA) is 66.8 Å². The van der Waals surface area contributed by atoms with Gasteiger partial charge in [-0.05, 0) is 35.9 Å². The Hall–Kier alpha value is -2.40. The van der Waals surface area contributed by atoms with Gasteiger partial charge in [-0.2, -0.15) is 0 Å². The molecule has 2 rings (SSSR count). The molecule has 0 fully saturated rings. The largest absolute Gasteiger partial charge is 0.478 e. The van der Waals surface area contributed by atoms with Crippen LogP contribution in [0.5, 0.6) is 11.5 Å². The number of rotatable bonds is 4. The van der Waals surface area contributed by atoms with E-state index in [1.54, 1.807) is 24.3 Å². The second-order valence-electron chi connectivity index (χ2n) is 3.86. The molecular weight excluding hydrogens is 251 g/mol. The summed E-state index contributed by atoms with van der Waals surface area (Å²) < 4.78 is 18.9. The lowest BCUT2D eigenvalue weighted by Crippen LogP contribution is -1.98. The van der Waals surface area contributed by atoms with Crippen molar-refractivity contribution in [2.24, 2.45) is 0 Å². The number of ether oxygens (including phenoxy) is 1. The fourth-order valence-corrected chi connectivity index (χ4v) is 1.55. The number of hydrogen-bond donors (Lipinski definition) is 2. The van der Waals surface area contributed by atoms with E-state index >= 15 is 0 Å². The number of benzene rings is 2. The monoisotopic (exact) mass is 262 g/mol. The van der Waals surface area contributed by atoms with Crippen LogP contribution in [0.2, 0.25) is 0 Å². The summed E-state index contributed by atoms with van der Waals surface area (Å²) in [7, 11) is 0. The number of carbonyl (C=O) groups is 1. The van der Waals surface area contributed by atoms with Crippen LogP contribution in [-0.4, -0.2) is 16.2 Å². The lowest BCUT2D eigenvalue weighted by Gasteiger charge is -2.08. The van der Waals surface area contributed by atoms with Crippen molar-refractivity contribution in [3.8, 4) is 11.5 Å². The third-order valence-corrected chi connectivity index (χ3v) is 2.49. The molecule has 2 N–H and O–H groups in total.